The van der Waals surface area contributed by atoms with Gasteiger partial charge in [0.15, 0.2) is 5.69 Å². The molecule has 3 heterocycles. The molecule has 0 aliphatic heterocycles. The maximum atomic E-state index is 13.2. The van der Waals surface area contributed by atoms with Crippen molar-refractivity contribution >= 4 is 40.1 Å². The molecular formula is C22H16F3N5O4S. The number of nitrogens with zero attached hydrogens (tertiary/aromatic N) is 3. The number of fused-ring (bicyclic) bond motifs is 1. The molecule has 0 unspecified atom stereocenters. The van der Waals surface area contributed by atoms with Gasteiger partial charge in [-0.1, -0.05) is 12.1 Å². The summed E-state index contributed by atoms with van der Waals surface area (Å²) in [4.78, 5) is 44.2. The van der Waals surface area contributed by atoms with Crippen molar-refractivity contribution in [3.8, 4) is 16.3 Å². The summed E-state index contributed by atoms with van der Waals surface area (Å²) in [5.74, 6) is -1.44. The van der Waals surface area contributed by atoms with Crippen LogP contribution in [0.5, 0.6) is 0 Å². The molecule has 2 amide bonds. The SMILES string of the molecule is CCNC(=O)Nc1cc(-c2nc(C(F)(F)F)cs2)c(-n2cc(C(=O)O)c(=O)c3ccccc32)cn1. The average Bonchev–Trinajstić information content (AvgIpc) is 3.31. The molecule has 13 heteroatoms. The number of pyridine rings is 2. The fourth-order valence-corrected chi connectivity index (χ4v) is 4.21. The van der Waals surface area contributed by atoms with Crippen molar-refractivity contribution in [3.05, 3.63) is 69.6 Å². The quantitative estimate of drug-likeness (QED) is 0.371. The molecule has 3 N–H and O–H groups in total. The van der Waals surface area contributed by atoms with Crippen molar-refractivity contribution in [1.29, 1.82) is 0 Å². The highest BCUT2D eigenvalue weighted by molar-refractivity contribution is 7.13. The zero-order valence-corrected chi connectivity index (χ0v) is 18.7. The number of hydrogen-bond acceptors (Lipinski definition) is 6. The molecule has 180 valence electrons. The van der Waals surface area contributed by atoms with Gasteiger partial charge in [0.25, 0.3) is 0 Å². The Morgan fingerprint density at radius 3 is 2.63 bits per heavy atom. The molecule has 35 heavy (non-hydrogen) atoms. The predicted molar refractivity (Wildman–Crippen MR) is 123 cm³/mol. The zero-order chi connectivity index (χ0) is 25.3. The fraction of sp³-hybridized carbons (Fsp3) is 0.136. The van der Waals surface area contributed by atoms with Crippen LogP contribution in [0.3, 0.4) is 0 Å². The van der Waals surface area contributed by atoms with Crippen LogP contribution in [0.1, 0.15) is 23.0 Å². The lowest BCUT2D eigenvalue weighted by Gasteiger charge is -2.16. The van der Waals surface area contributed by atoms with Gasteiger partial charge in [0, 0.05) is 29.1 Å². The monoisotopic (exact) mass is 503 g/mol. The highest BCUT2D eigenvalue weighted by Gasteiger charge is 2.34. The van der Waals surface area contributed by atoms with Gasteiger partial charge in [0.1, 0.15) is 16.4 Å². The third-order valence-electron chi connectivity index (χ3n) is 4.89. The number of aromatic carboxylic acids is 1. The van der Waals surface area contributed by atoms with Gasteiger partial charge in [-0.15, -0.1) is 11.3 Å². The zero-order valence-electron chi connectivity index (χ0n) is 17.9. The van der Waals surface area contributed by atoms with E-state index in [0.717, 1.165) is 11.6 Å². The molecule has 0 saturated heterocycles. The summed E-state index contributed by atoms with van der Waals surface area (Å²) < 4.78 is 41.1. The smallest absolute Gasteiger partial charge is 0.434 e. The summed E-state index contributed by atoms with van der Waals surface area (Å²) >= 11 is 0.717. The van der Waals surface area contributed by atoms with Gasteiger partial charge in [-0.2, -0.15) is 13.2 Å². The Morgan fingerprint density at radius 2 is 1.97 bits per heavy atom. The topological polar surface area (TPSA) is 126 Å². The number of carboxylic acid groups (broad SMARTS) is 1. The van der Waals surface area contributed by atoms with E-state index in [-0.39, 0.29) is 27.5 Å². The third-order valence-corrected chi connectivity index (χ3v) is 5.76. The van der Waals surface area contributed by atoms with Crippen molar-refractivity contribution in [2.45, 2.75) is 13.1 Å². The number of amides is 2. The van der Waals surface area contributed by atoms with Crippen LogP contribution in [0.2, 0.25) is 0 Å². The second kappa shape index (κ2) is 9.18. The second-order valence-electron chi connectivity index (χ2n) is 7.17. The van der Waals surface area contributed by atoms with Crippen LogP contribution in [-0.2, 0) is 6.18 Å². The number of anilines is 1. The molecule has 9 nitrogen and oxygen atoms in total. The van der Waals surface area contributed by atoms with Crippen LogP contribution in [0, 0.1) is 0 Å². The number of carbonyl (C=O) groups is 2. The molecule has 0 spiro atoms. The van der Waals surface area contributed by atoms with Crippen molar-refractivity contribution in [3.63, 3.8) is 0 Å². The molecule has 0 aliphatic carbocycles. The van der Waals surface area contributed by atoms with E-state index in [1.807, 2.05) is 0 Å². The Kier molecular flexibility index (Phi) is 6.26. The minimum absolute atomic E-state index is 0.0299. The van der Waals surface area contributed by atoms with E-state index in [0.29, 0.717) is 23.4 Å². The number of halogens is 3. The first-order valence-corrected chi connectivity index (χ1v) is 10.9. The Balaban J connectivity index is 1.99. The molecule has 0 radical (unpaired) electrons. The lowest BCUT2D eigenvalue weighted by molar-refractivity contribution is -0.140. The van der Waals surface area contributed by atoms with Crippen LogP contribution in [0.15, 0.2) is 52.9 Å². The number of alkyl halides is 3. The highest BCUT2D eigenvalue weighted by atomic mass is 32.1. The van der Waals surface area contributed by atoms with E-state index >= 15 is 0 Å². The van der Waals surface area contributed by atoms with Gasteiger partial charge in [0.05, 0.1) is 17.4 Å². The molecule has 0 atom stereocenters. The number of thiazole rings is 1. The molecule has 4 rings (SSSR count). The number of carbonyl (C=O) groups excluding carboxylic acids is 1. The van der Waals surface area contributed by atoms with Crippen molar-refractivity contribution < 1.29 is 27.9 Å². The summed E-state index contributed by atoms with van der Waals surface area (Å²) in [6.07, 6.45) is -2.33. The fourth-order valence-electron chi connectivity index (χ4n) is 3.36. The Hall–Kier alpha value is -4.26. The first-order valence-electron chi connectivity index (χ1n) is 10.1. The van der Waals surface area contributed by atoms with Crippen LogP contribution in [0.25, 0.3) is 27.2 Å². The second-order valence-corrected chi connectivity index (χ2v) is 8.03. The van der Waals surface area contributed by atoms with Gasteiger partial charge < -0.3 is 15.0 Å². The predicted octanol–water partition coefficient (Wildman–Crippen LogP) is 4.37. The van der Waals surface area contributed by atoms with Gasteiger partial charge in [0.2, 0.25) is 5.43 Å². The average molecular weight is 503 g/mol. The number of benzene rings is 1. The van der Waals surface area contributed by atoms with Gasteiger partial charge in [-0.25, -0.2) is 19.6 Å². The number of urea groups is 1. The summed E-state index contributed by atoms with van der Waals surface area (Å²) in [5.41, 5.74) is -1.74. The molecule has 0 saturated carbocycles. The van der Waals surface area contributed by atoms with Crippen LogP contribution in [-0.4, -0.2) is 38.2 Å². The number of carboxylic acids is 1. The Morgan fingerprint density at radius 1 is 1.23 bits per heavy atom. The van der Waals surface area contributed by atoms with Crippen molar-refractivity contribution in [1.82, 2.24) is 19.9 Å². The maximum absolute atomic E-state index is 13.2. The van der Waals surface area contributed by atoms with E-state index < -0.39 is 34.9 Å². The number of hydrogen-bond donors (Lipinski definition) is 3. The largest absolute Gasteiger partial charge is 0.477 e. The minimum atomic E-state index is -4.68. The summed E-state index contributed by atoms with van der Waals surface area (Å²) in [5, 5.41) is 15.4. The van der Waals surface area contributed by atoms with Crippen molar-refractivity contribution in [2.24, 2.45) is 0 Å². The lowest BCUT2D eigenvalue weighted by atomic mass is 10.1. The number of para-hydroxylation sites is 1. The molecule has 0 aliphatic rings. The van der Waals surface area contributed by atoms with Gasteiger partial charge in [-0.3, -0.25) is 10.1 Å². The number of rotatable bonds is 5. The van der Waals surface area contributed by atoms with E-state index in [1.165, 1.54) is 22.9 Å². The summed E-state index contributed by atoms with van der Waals surface area (Å²) in [6.45, 7) is 2.04. The van der Waals surface area contributed by atoms with Gasteiger partial charge >= 0.3 is 18.2 Å². The molecule has 4 aromatic rings. The van der Waals surface area contributed by atoms with E-state index in [2.05, 4.69) is 20.6 Å². The first kappa shape index (κ1) is 23.9. The van der Waals surface area contributed by atoms with E-state index in [1.54, 1.807) is 25.1 Å². The number of aromatic nitrogens is 3. The molecule has 0 fully saturated rings. The molecule has 1 aromatic carbocycles. The third kappa shape index (κ3) is 4.71. The van der Waals surface area contributed by atoms with E-state index in [4.69, 9.17) is 0 Å². The Labute approximate surface area is 198 Å². The van der Waals surface area contributed by atoms with Crippen molar-refractivity contribution in [2.75, 3.05) is 11.9 Å². The normalized spacial score (nSPS) is 11.4. The molecule has 0 bridgehead atoms. The summed E-state index contributed by atoms with van der Waals surface area (Å²) in [7, 11) is 0. The van der Waals surface area contributed by atoms with Crippen LogP contribution >= 0.6 is 11.3 Å². The van der Waals surface area contributed by atoms with Gasteiger partial charge in [-0.05, 0) is 25.1 Å². The van der Waals surface area contributed by atoms with E-state index in [9.17, 15) is 32.7 Å². The highest BCUT2D eigenvalue weighted by Crippen LogP contribution is 2.37. The molecular weight excluding hydrogens is 487 g/mol. The lowest BCUT2D eigenvalue weighted by Crippen LogP contribution is -2.28. The standard InChI is InChI=1S/C22H16F3N5O4S/c1-2-26-21(34)29-17-7-12(19-28-16(10-35-19)22(23,24)25)15(8-27-17)30-9-13(20(32)33)18(31)11-5-3-4-6-14(11)30/h3-10H,2H2,1H3,(H,32,33)(H2,26,27,29,34). The van der Waals surface area contributed by atoms with Crippen LogP contribution < -0.4 is 16.1 Å². The first-order chi connectivity index (χ1) is 16.6. The minimum Gasteiger partial charge on any atom is -0.477 e. The maximum Gasteiger partial charge on any atom is 0.434 e. The number of nitrogens with one attached hydrogen (secondary N) is 2. The molecule has 3 aromatic heterocycles. The summed E-state index contributed by atoms with van der Waals surface area (Å²) in [6, 6.07) is 6.96. The van der Waals surface area contributed by atoms with Crippen LogP contribution in [0.4, 0.5) is 23.8 Å². The Bertz CT molecular complexity index is 1510.